The van der Waals surface area contributed by atoms with E-state index in [1.165, 1.54) is 15.9 Å². The van der Waals surface area contributed by atoms with Crippen molar-refractivity contribution in [1.29, 1.82) is 0 Å². The molecule has 2 heterocycles. The molecule has 8 heteroatoms. The highest BCUT2D eigenvalue weighted by Crippen LogP contribution is 2.34. The van der Waals surface area contributed by atoms with Gasteiger partial charge in [-0.3, -0.25) is 9.36 Å². The molecule has 0 saturated carbocycles. The van der Waals surface area contributed by atoms with Gasteiger partial charge in [-0.15, -0.1) is 0 Å². The number of ether oxygens (including phenoxy) is 2. The highest BCUT2D eigenvalue weighted by atomic mass is 35.5. The number of nitrogens with zero attached hydrogens (tertiary/aromatic N) is 2. The molecule has 180 valence electrons. The van der Waals surface area contributed by atoms with Crippen LogP contribution in [0.4, 0.5) is 0 Å². The van der Waals surface area contributed by atoms with Gasteiger partial charge in [0.05, 0.1) is 21.9 Å². The van der Waals surface area contributed by atoms with Gasteiger partial charge in [-0.2, -0.15) is 0 Å². The zero-order valence-corrected chi connectivity index (χ0v) is 21.2. The summed E-state index contributed by atoms with van der Waals surface area (Å²) >= 11 is 7.80. The summed E-state index contributed by atoms with van der Waals surface area (Å²) in [7, 11) is 0. The van der Waals surface area contributed by atoms with Gasteiger partial charge in [0.25, 0.3) is 5.56 Å². The highest BCUT2D eigenvalue weighted by Gasteiger charge is 2.34. The minimum atomic E-state index is -0.763. The SMILES string of the molecule is C=CCOc1ccccc1C=c1sc2n(c1=O)C(c1ccccc1Cl)C(C(=O)OC(C)C)=C(C)N=2. The van der Waals surface area contributed by atoms with Gasteiger partial charge in [-0.05, 0) is 44.5 Å². The second-order valence-corrected chi connectivity index (χ2v) is 9.61. The topological polar surface area (TPSA) is 69.9 Å². The summed E-state index contributed by atoms with van der Waals surface area (Å²) < 4.78 is 13.2. The highest BCUT2D eigenvalue weighted by molar-refractivity contribution is 7.07. The van der Waals surface area contributed by atoms with Crippen molar-refractivity contribution in [3.63, 3.8) is 0 Å². The van der Waals surface area contributed by atoms with Gasteiger partial charge in [0, 0.05) is 10.6 Å². The van der Waals surface area contributed by atoms with E-state index < -0.39 is 12.0 Å². The molecule has 0 bridgehead atoms. The smallest absolute Gasteiger partial charge is 0.338 e. The molecule has 1 atom stereocenters. The van der Waals surface area contributed by atoms with Crippen LogP contribution in [0.3, 0.4) is 0 Å². The van der Waals surface area contributed by atoms with Gasteiger partial charge in [-0.1, -0.05) is 72.0 Å². The maximum absolute atomic E-state index is 13.7. The first kappa shape index (κ1) is 24.7. The largest absolute Gasteiger partial charge is 0.489 e. The molecule has 0 aliphatic carbocycles. The summed E-state index contributed by atoms with van der Waals surface area (Å²) in [6.07, 6.45) is 3.11. The number of carbonyl (C=O) groups excluding carboxylic acids is 1. The molecule has 4 rings (SSSR count). The van der Waals surface area contributed by atoms with E-state index in [0.717, 1.165) is 5.56 Å². The van der Waals surface area contributed by atoms with Crippen molar-refractivity contribution >= 4 is 35.0 Å². The molecule has 0 saturated heterocycles. The van der Waals surface area contributed by atoms with E-state index in [-0.39, 0.29) is 11.7 Å². The van der Waals surface area contributed by atoms with E-state index in [0.29, 0.717) is 43.5 Å². The zero-order chi connectivity index (χ0) is 25.1. The first-order valence-corrected chi connectivity index (χ1v) is 12.3. The van der Waals surface area contributed by atoms with Crippen LogP contribution in [0, 0.1) is 0 Å². The van der Waals surface area contributed by atoms with E-state index in [4.69, 9.17) is 21.1 Å². The van der Waals surface area contributed by atoms with Crippen molar-refractivity contribution in [3.05, 3.63) is 108 Å². The number of fused-ring (bicyclic) bond motifs is 1. The number of esters is 1. The average molecular weight is 509 g/mol. The van der Waals surface area contributed by atoms with Crippen molar-refractivity contribution in [3.8, 4) is 5.75 Å². The molecular formula is C27H25ClN2O4S. The molecule has 3 aromatic rings. The Hall–Kier alpha value is -3.42. The Morgan fingerprint density at radius 3 is 2.66 bits per heavy atom. The lowest BCUT2D eigenvalue weighted by Gasteiger charge is -2.26. The number of benzene rings is 2. The lowest BCUT2D eigenvalue weighted by molar-refractivity contribution is -0.143. The Kier molecular flexibility index (Phi) is 7.38. The van der Waals surface area contributed by atoms with Crippen molar-refractivity contribution < 1.29 is 14.3 Å². The van der Waals surface area contributed by atoms with Crippen LogP contribution in [0.1, 0.15) is 37.9 Å². The molecule has 6 nitrogen and oxygen atoms in total. The number of rotatable bonds is 7. The van der Waals surface area contributed by atoms with Crippen LogP contribution in [0.2, 0.25) is 5.02 Å². The molecule has 1 aliphatic rings. The van der Waals surface area contributed by atoms with Crippen molar-refractivity contribution in [2.24, 2.45) is 4.99 Å². The Labute approximate surface area is 212 Å². The van der Waals surface area contributed by atoms with Gasteiger partial charge >= 0.3 is 5.97 Å². The van der Waals surface area contributed by atoms with E-state index in [1.807, 2.05) is 36.4 Å². The summed E-state index contributed by atoms with van der Waals surface area (Å²) in [6.45, 7) is 9.33. The predicted molar refractivity (Wildman–Crippen MR) is 139 cm³/mol. The lowest BCUT2D eigenvalue weighted by atomic mass is 9.96. The third-order valence-electron chi connectivity index (χ3n) is 5.35. The van der Waals surface area contributed by atoms with Crippen LogP contribution in [0.5, 0.6) is 5.75 Å². The number of para-hydroxylation sites is 1. The molecule has 0 spiro atoms. The Morgan fingerprint density at radius 2 is 1.94 bits per heavy atom. The first-order chi connectivity index (χ1) is 16.8. The maximum atomic E-state index is 13.7. The second-order valence-electron chi connectivity index (χ2n) is 8.19. The number of halogens is 1. The Bertz CT molecular complexity index is 1500. The van der Waals surface area contributed by atoms with Gasteiger partial charge in [0.1, 0.15) is 18.4 Å². The zero-order valence-electron chi connectivity index (χ0n) is 19.7. The monoisotopic (exact) mass is 508 g/mol. The number of thiazole rings is 1. The number of hydrogen-bond donors (Lipinski definition) is 0. The van der Waals surface area contributed by atoms with E-state index in [1.54, 1.807) is 45.1 Å². The summed E-state index contributed by atoms with van der Waals surface area (Å²) in [5.74, 6) is 0.113. The second kappa shape index (κ2) is 10.5. The van der Waals surface area contributed by atoms with E-state index in [9.17, 15) is 9.59 Å². The number of aromatic nitrogens is 1. The fourth-order valence-electron chi connectivity index (χ4n) is 3.87. The molecule has 2 aromatic carbocycles. The molecule has 0 fully saturated rings. The summed E-state index contributed by atoms with van der Waals surface area (Å²) in [4.78, 5) is 32.0. The van der Waals surface area contributed by atoms with Crippen molar-refractivity contribution in [2.75, 3.05) is 6.61 Å². The molecule has 35 heavy (non-hydrogen) atoms. The quantitative estimate of drug-likeness (QED) is 0.350. The van der Waals surface area contributed by atoms with Crippen molar-refractivity contribution in [1.82, 2.24) is 4.57 Å². The van der Waals surface area contributed by atoms with Gasteiger partial charge in [-0.25, -0.2) is 9.79 Å². The van der Waals surface area contributed by atoms with Crippen LogP contribution in [-0.2, 0) is 9.53 Å². The Balaban J connectivity index is 1.94. The lowest BCUT2D eigenvalue weighted by Crippen LogP contribution is -2.40. The van der Waals surface area contributed by atoms with E-state index >= 15 is 0 Å². The first-order valence-electron chi connectivity index (χ1n) is 11.1. The Morgan fingerprint density at radius 1 is 1.23 bits per heavy atom. The van der Waals surface area contributed by atoms with Crippen molar-refractivity contribution in [2.45, 2.75) is 32.9 Å². The molecule has 0 amide bonds. The molecule has 1 unspecified atom stereocenters. The molecule has 0 N–H and O–H groups in total. The standard InChI is InChI=1S/C27H25ClN2O4S/c1-5-14-33-21-13-9-6-10-18(21)15-22-25(31)30-24(19-11-7-8-12-20(19)28)23(26(32)34-16(2)3)17(4)29-27(30)35-22/h5-13,15-16,24H,1,14H2,2-4H3. The number of carbonyl (C=O) groups is 1. The average Bonchev–Trinajstić information content (AvgIpc) is 3.12. The normalized spacial score (nSPS) is 15.6. The fraction of sp³-hybridized carbons (Fsp3) is 0.222. The molecule has 1 aromatic heterocycles. The van der Waals surface area contributed by atoms with Crippen LogP contribution in [0.15, 0.2) is 82.2 Å². The van der Waals surface area contributed by atoms with Gasteiger partial charge in [0.15, 0.2) is 4.80 Å². The van der Waals surface area contributed by atoms with Crippen LogP contribution in [-0.4, -0.2) is 23.2 Å². The van der Waals surface area contributed by atoms with Crippen LogP contribution < -0.4 is 19.6 Å². The number of hydrogen-bond acceptors (Lipinski definition) is 6. The van der Waals surface area contributed by atoms with Crippen LogP contribution in [0.25, 0.3) is 6.08 Å². The molecule has 0 radical (unpaired) electrons. The summed E-state index contributed by atoms with van der Waals surface area (Å²) in [5.41, 5.74) is 1.88. The third kappa shape index (κ3) is 5.01. The number of allylic oxidation sites excluding steroid dienone is 1. The summed E-state index contributed by atoms with van der Waals surface area (Å²) in [5, 5.41) is 0.444. The van der Waals surface area contributed by atoms with Crippen LogP contribution >= 0.6 is 22.9 Å². The van der Waals surface area contributed by atoms with Gasteiger partial charge < -0.3 is 9.47 Å². The predicted octanol–water partition coefficient (Wildman–Crippen LogP) is 4.41. The maximum Gasteiger partial charge on any atom is 0.338 e. The minimum absolute atomic E-state index is 0.278. The third-order valence-corrected chi connectivity index (χ3v) is 6.67. The summed E-state index contributed by atoms with van der Waals surface area (Å²) in [6, 6.07) is 13.9. The molecule has 1 aliphatic heterocycles. The van der Waals surface area contributed by atoms with E-state index in [2.05, 4.69) is 11.6 Å². The van der Waals surface area contributed by atoms with Gasteiger partial charge in [0.2, 0.25) is 0 Å². The molecular weight excluding hydrogens is 484 g/mol. The minimum Gasteiger partial charge on any atom is -0.489 e. The fourth-order valence-corrected chi connectivity index (χ4v) is 5.15.